The van der Waals surface area contributed by atoms with Crippen molar-refractivity contribution in [1.82, 2.24) is 9.78 Å². The molecule has 0 aliphatic carbocycles. The van der Waals surface area contributed by atoms with Gasteiger partial charge in [0.15, 0.2) is 0 Å². The van der Waals surface area contributed by atoms with E-state index in [1.54, 1.807) is 0 Å². The van der Waals surface area contributed by atoms with Crippen LogP contribution in [0.1, 0.15) is 11.3 Å². The van der Waals surface area contributed by atoms with Crippen LogP contribution in [0.2, 0.25) is 0 Å². The van der Waals surface area contributed by atoms with E-state index in [-0.39, 0.29) is 0 Å². The first-order valence-corrected chi connectivity index (χ1v) is 6.78. The molecule has 1 aromatic heterocycles. The van der Waals surface area contributed by atoms with E-state index in [2.05, 4.69) is 56.3 Å². The molecule has 0 amide bonds. The summed E-state index contributed by atoms with van der Waals surface area (Å²) in [6.07, 6.45) is 0.813. The summed E-state index contributed by atoms with van der Waals surface area (Å²) in [5, 5.41) is 4.71. The number of hydrogen-bond donors (Lipinski definition) is 0. The summed E-state index contributed by atoms with van der Waals surface area (Å²) < 4.78 is 1.98. The minimum Gasteiger partial charge on any atom is -0.237 e. The molecule has 0 saturated heterocycles. The predicted octanol–water partition coefficient (Wildman–Crippen LogP) is 4.22. The lowest BCUT2D eigenvalue weighted by Crippen LogP contribution is -1.98. The molecule has 99 valence electrons. The molecular weight excluding hydrogens is 244 g/mol. The Hall–Kier alpha value is -2.35. The largest absolute Gasteiger partial charge is 0.237 e. The van der Waals surface area contributed by atoms with Gasteiger partial charge < -0.3 is 0 Å². The third kappa shape index (κ3) is 2.37. The molecule has 0 aliphatic rings. The number of aryl methyl sites for hydroxylation is 1. The Morgan fingerprint density at radius 1 is 1.00 bits per heavy atom. The third-order valence-electron chi connectivity index (χ3n) is 3.43. The fourth-order valence-corrected chi connectivity index (χ4v) is 2.29. The summed E-state index contributed by atoms with van der Waals surface area (Å²) in [5.74, 6) is 0. The highest BCUT2D eigenvalue weighted by Crippen LogP contribution is 2.21. The van der Waals surface area contributed by atoms with Gasteiger partial charge in [-0.2, -0.15) is 5.10 Å². The first-order chi connectivity index (χ1) is 9.78. The second kappa shape index (κ2) is 5.33. The second-order valence-electron chi connectivity index (χ2n) is 4.87. The van der Waals surface area contributed by atoms with Gasteiger partial charge >= 0.3 is 0 Å². The average Bonchev–Trinajstić information content (AvgIpc) is 2.90. The molecule has 1 radical (unpaired) electrons. The van der Waals surface area contributed by atoms with Crippen molar-refractivity contribution in [3.8, 4) is 16.9 Å². The molecule has 3 rings (SSSR count). The normalized spacial score (nSPS) is 10.7. The highest BCUT2D eigenvalue weighted by atomic mass is 15.3. The van der Waals surface area contributed by atoms with Crippen LogP contribution >= 0.6 is 0 Å². The van der Waals surface area contributed by atoms with Crippen molar-refractivity contribution in [2.45, 2.75) is 13.3 Å². The highest BCUT2D eigenvalue weighted by Gasteiger charge is 2.07. The Balaban J connectivity index is 2.00. The van der Waals surface area contributed by atoms with E-state index in [9.17, 15) is 0 Å². The molecular formula is C18H17N2. The van der Waals surface area contributed by atoms with Gasteiger partial charge in [0.25, 0.3) is 0 Å². The maximum absolute atomic E-state index is 4.71. The van der Waals surface area contributed by atoms with Crippen LogP contribution in [0.4, 0.5) is 0 Å². The number of nitrogens with zero attached hydrogens (tertiary/aromatic N) is 2. The van der Waals surface area contributed by atoms with E-state index in [1.165, 1.54) is 5.56 Å². The Bertz CT molecular complexity index is 694. The van der Waals surface area contributed by atoms with Gasteiger partial charge in [0.2, 0.25) is 0 Å². The summed E-state index contributed by atoms with van der Waals surface area (Å²) in [5.41, 5.74) is 5.60. The van der Waals surface area contributed by atoms with Crippen molar-refractivity contribution in [2.75, 3.05) is 0 Å². The quantitative estimate of drug-likeness (QED) is 0.690. The van der Waals surface area contributed by atoms with Crippen molar-refractivity contribution >= 4 is 0 Å². The minimum absolute atomic E-state index is 0.813. The molecule has 0 saturated carbocycles. The van der Waals surface area contributed by atoms with Gasteiger partial charge in [-0.3, -0.25) is 0 Å². The van der Waals surface area contributed by atoms with Crippen LogP contribution in [0.15, 0.2) is 60.7 Å². The Labute approximate surface area is 119 Å². The number of benzene rings is 2. The van der Waals surface area contributed by atoms with Gasteiger partial charge in [0.1, 0.15) is 0 Å². The van der Waals surface area contributed by atoms with Crippen LogP contribution in [0.25, 0.3) is 16.9 Å². The summed E-state index contributed by atoms with van der Waals surface area (Å²) in [6, 6.07) is 20.8. The van der Waals surface area contributed by atoms with Crippen LogP contribution in [0, 0.1) is 13.8 Å². The van der Waals surface area contributed by atoms with Gasteiger partial charge in [-0.25, -0.2) is 4.68 Å². The molecule has 0 spiro atoms. The van der Waals surface area contributed by atoms with E-state index in [0.717, 1.165) is 29.1 Å². The van der Waals surface area contributed by atoms with Gasteiger partial charge in [0.05, 0.1) is 11.4 Å². The Morgan fingerprint density at radius 2 is 1.70 bits per heavy atom. The first-order valence-electron chi connectivity index (χ1n) is 6.78. The topological polar surface area (TPSA) is 17.8 Å². The van der Waals surface area contributed by atoms with Gasteiger partial charge in [-0.05, 0) is 44.0 Å². The van der Waals surface area contributed by atoms with E-state index >= 15 is 0 Å². The summed E-state index contributed by atoms with van der Waals surface area (Å²) in [6.45, 7) is 5.98. The predicted molar refractivity (Wildman–Crippen MR) is 82.8 cm³/mol. The van der Waals surface area contributed by atoms with Crippen molar-refractivity contribution in [3.63, 3.8) is 0 Å². The molecule has 2 nitrogen and oxygen atoms in total. The Kier molecular flexibility index (Phi) is 3.38. The maximum Gasteiger partial charge on any atom is 0.0930 e. The zero-order valence-electron chi connectivity index (χ0n) is 11.6. The maximum atomic E-state index is 4.71. The molecule has 0 atom stereocenters. The van der Waals surface area contributed by atoms with Crippen LogP contribution < -0.4 is 0 Å². The average molecular weight is 261 g/mol. The van der Waals surface area contributed by atoms with Crippen molar-refractivity contribution in [1.29, 1.82) is 0 Å². The molecule has 3 aromatic rings. The summed E-state index contributed by atoms with van der Waals surface area (Å²) >= 11 is 0. The zero-order chi connectivity index (χ0) is 13.9. The molecule has 0 unspecified atom stereocenters. The van der Waals surface area contributed by atoms with E-state index in [4.69, 9.17) is 5.10 Å². The molecule has 0 bridgehead atoms. The van der Waals surface area contributed by atoms with Crippen molar-refractivity contribution in [3.05, 3.63) is 78.8 Å². The molecule has 20 heavy (non-hydrogen) atoms. The smallest absolute Gasteiger partial charge is 0.0930 e. The molecule has 0 aliphatic heterocycles. The molecule has 0 N–H and O–H groups in total. The van der Waals surface area contributed by atoms with E-state index in [0.29, 0.717) is 0 Å². The lowest BCUT2D eigenvalue weighted by atomic mass is 10.1. The van der Waals surface area contributed by atoms with Gasteiger partial charge in [-0.15, -0.1) is 0 Å². The number of hydrogen-bond acceptors (Lipinski definition) is 1. The zero-order valence-corrected chi connectivity index (χ0v) is 11.6. The highest BCUT2D eigenvalue weighted by molar-refractivity contribution is 5.59. The van der Waals surface area contributed by atoms with Crippen LogP contribution in [0.3, 0.4) is 0 Å². The monoisotopic (exact) mass is 261 g/mol. The molecule has 2 heteroatoms. The fraction of sp³-hybridized carbons (Fsp3) is 0.111. The number of rotatable bonds is 3. The van der Waals surface area contributed by atoms with Crippen molar-refractivity contribution in [2.24, 2.45) is 0 Å². The lowest BCUT2D eigenvalue weighted by Gasteiger charge is -2.05. The van der Waals surface area contributed by atoms with Crippen molar-refractivity contribution < 1.29 is 0 Å². The first kappa shape index (κ1) is 12.7. The molecule has 1 heterocycles. The third-order valence-corrected chi connectivity index (χ3v) is 3.43. The van der Waals surface area contributed by atoms with E-state index < -0.39 is 0 Å². The minimum atomic E-state index is 0.813. The molecule has 0 fully saturated rings. The fourth-order valence-electron chi connectivity index (χ4n) is 2.29. The SMILES string of the molecule is [CH2]Cc1ccc(-n2nc(-c3ccccc3)cc2C)cc1. The summed E-state index contributed by atoms with van der Waals surface area (Å²) in [7, 11) is 0. The lowest BCUT2D eigenvalue weighted by molar-refractivity contribution is 0.849. The van der Waals surface area contributed by atoms with Gasteiger partial charge in [0, 0.05) is 11.3 Å². The Morgan fingerprint density at radius 3 is 2.35 bits per heavy atom. The second-order valence-corrected chi connectivity index (χ2v) is 4.87. The number of aromatic nitrogens is 2. The van der Waals surface area contributed by atoms with E-state index in [1.807, 2.05) is 22.9 Å². The van der Waals surface area contributed by atoms with Gasteiger partial charge in [-0.1, -0.05) is 42.5 Å². The summed E-state index contributed by atoms with van der Waals surface area (Å²) in [4.78, 5) is 0. The van der Waals surface area contributed by atoms with Crippen LogP contribution in [-0.4, -0.2) is 9.78 Å². The van der Waals surface area contributed by atoms with Crippen LogP contribution in [0.5, 0.6) is 0 Å². The standard InChI is InChI=1S/C18H17N2/c1-3-15-9-11-17(12-10-15)20-14(2)13-18(19-20)16-7-5-4-6-8-16/h4-13H,1,3H2,2H3. The molecule has 2 aromatic carbocycles. The van der Waals surface area contributed by atoms with Crippen LogP contribution in [-0.2, 0) is 6.42 Å².